The maximum absolute atomic E-state index is 8.96. The molecule has 0 saturated carbocycles. The van der Waals surface area contributed by atoms with Gasteiger partial charge in [0.05, 0.1) is 12.2 Å². The topological polar surface area (TPSA) is 29.5 Å². The van der Waals surface area contributed by atoms with Crippen LogP contribution in [0.2, 0.25) is 0 Å². The van der Waals surface area contributed by atoms with Crippen LogP contribution < -0.4 is 0 Å². The maximum atomic E-state index is 8.96. The van der Waals surface area contributed by atoms with Gasteiger partial charge in [-0.3, -0.25) is 0 Å². The summed E-state index contributed by atoms with van der Waals surface area (Å²) in [5.41, 5.74) is 0. The number of rotatable bonds is 2. The minimum atomic E-state index is -0.306. The lowest BCUT2D eigenvalue weighted by Gasteiger charge is -2.20. The third-order valence-electron chi connectivity index (χ3n) is 2.13. The minimum absolute atomic E-state index is 0.306. The fourth-order valence-electron chi connectivity index (χ4n) is 1.37. The highest BCUT2D eigenvalue weighted by Crippen LogP contribution is 2.14. The summed E-state index contributed by atoms with van der Waals surface area (Å²) < 4.78 is 5.52. The molecule has 1 fully saturated rings. The Balaban J connectivity index is 2.11. The molecule has 0 aliphatic carbocycles. The van der Waals surface area contributed by atoms with Crippen LogP contribution in [0.25, 0.3) is 0 Å². The molecule has 74 valence electrons. The minimum Gasteiger partial charge on any atom is -0.392 e. The summed E-state index contributed by atoms with van der Waals surface area (Å²) in [6.45, 7) is 2.65. The molecular formula is C11H18O2. The molecule has 2 atom stereocenters. The monoisotopic (exact) mass is 182 g/mol. The fourth-order valence-corrected chi connectivity index (χ4v) is 1.37. The van der Waals surface area contributed by atoms with Crippen molar-refractivity contribution >= 4 is 0 Å². The first kappa shape index (κ1) is 10.6. The Morgan fingerprint density at radius 1 is 1.46 bits per heavy atom. The molecular weight excluding hydrogens is 164 g/mol. The molecule has 1 saturated heterocycles. The van der Waals surface area contributed by atoms with Gasteiger partial charge in [-0.15, -0.1) is 11.8 Å². The van der Waals surface area contributed by atoms with Gasteiger partial charge in [0.2, 0.25) is 0 Å². The quantitative estimate of drug-likeness (QED) is 0.659. The van der Waals surface area contributed by atoms with Gasteiger partial charge >= 0.3 is 0 Å². The summed E-state index contributed by atoms with van der Waals surface area (Å²) >= 11 is 0. The predicted octanol–water partition coefficient (Wildman–Crippen LogP) is 1.72. The van der Waals surface area contributed by atoms with E-state index in [4.69, 9.17) is 9.84 Å². The Kier molecular flexibility index (Phi) is 4.88. The van der Waals surface area contributed by atoms with Crippen molar-refractivity contribution in [1.29, 1.82) is 0 Å². The molecule has 1 N–H and O–H groups in total. The third-order valence-corrected chi connectivity index (χ3v) is 2.13. The number of aliphatic hydroxyl groups is 1. The third kappa shape index (κ3) is 4.92. The van der Waals surface area contributed by atoms with Crippen molar-refractivity contribution in [1.82, 2.24) is 0 Å². The number of ether oxygens (including phenoxy) is 1. The normalized spacial score (nSPS) is 24.6. The Hall–Kier alpha value is -0.520. The average molecular weight is 182 g/mol. The van der Waals surface area contributed by atoms with Crippen LogP contribution in [0.1, 0.15) is 39.0 Å². The van der Waals surface area contributed by atoms with E-state index >= 15 is 0 Å². The van der Waals surface area contributed by atoms with Gasteiger partial charge in [0.25, 0.3) is 0 Å². The molecule has 0 aromatic carbocycles. The zero-order chi connectivity index (χ0) is 9.52. The molecule has 2 nitrogen and oxygen atoms in total. The van der Waals surface area contributed by atoms with Crippen LogP contribution in [0.4, 0.5) is 0 Å². The van der Waals surface area contributed by atoms with E-state index < -0.39 is 0 Å². The van der Waals surface area contributed by atoms with Crippen molar-refractivity contribution in [2.24, 2.45) is 0 Å². The van der Waals surface area contributed by atoms with Crippen molar-refractivity contribution < 1.29 is 9.84 Å². The van der Waals surface area contributed by atoms with E-state index in [9.17, 15) is 0 Å². The summed E-state index contributed by atoms with van der Waals surface area (Å²) in [5, 5.41) is 8.96. The van der Waals surface area contributed by atoms with E-state index in [-0.39, 0.29) is 6.10 Å². The molecule has 0 radical (unpaired) electrons. The Morgan fingerprint density at radius 2 is 2.31 bits per heavy atom. The molecule has 1 unspecified atom stereocenters. The van der Waals surface area contributed by atoms with E-state index in [1.807, 2.05) is 0 Å². The van der Waals surface area contributed by atoms with Crippen LogP contribution in [0, 0.1) is 11.8 Å². The van der Waals surface area contributed by atoms with E-state index in [0.717, 1.165) is 19.4 Å². The van der Waals surface area contributed by atoms with Crippen LogP contribution in [0.3, 0.4) is 0 Å². The Bertz CT molecular complexity index is 182. The number of hydrogen-bond donors (Lipinski definition) is 1. The standard InChI is InChI=1S/C11H18O2/c1-10(12)6-2-3-7-11-8-4-5-9-13-11/h10-12H,4-9H2,1H3/t10-,11?/m1/s1. The van der Waals surface area contributed by atoms with Crippen molar-refractivity contribution in [3.63, 3.8) is 0 Å². The second-order valence-electron chi connectivity index (χ2n) is 3.60. The molecule has 0 amide bonds. The molecule has 13 heavy (non-hydrogen) atoms. The van der Waals surface area contributed by atoms with Gasteiger partial charge in [0, 0.05) is 19.4 Å². The zero-order valence-corrected chi connectivity index (χ0v) is 8.25. The van der Waals surface area contributed by atoms with E-state index in [0.29, 0.717) is 12.5 Å². The zero-order valence-electron chi connectivity index (χ0n) is 8.25. The number of aliphatic hydroxyl groups excluding tert-OH is 1. The highest BCUT2D eigenvalue weighted by atomic mass is 16.5. The first-order chi connectivity index (χ1) is 6.29. The van der Waals surface area contributed by atoms with Crippen LogP contribution in [-0.2, 0) is 4.74 Å². The smallest absolute Gasteiger partial charge is 0.0684 e. The predicted molar refractivity (Wildman–Crippen MR) is 52.3 cm³/mol. The molecule has 0 spiro atoms. The molecule has 0 aromatic heterocycles. The maximum Gasteiger partial charge on any atom is 0.0684 e. The van der Waals surface area contributed by atoms with E-state index in [2.05, 4.69) is 11.8 Å². The van der Waals surface area contributed by atoms with Crippen molar-refractivity contribution in [3.05, 3.63) is 0 Å². The summed E-state index contributed by atoms with van der Waals surface area (Å²) in [6.07, 6.45) is 5.04. The summed E-state index contributed by atoms with van der Waals surface area (Å²) in [7, 11) is 0. The second-order valence-corrected chi connectivity index (χ2v) is 3.60. The van der Waals surface area contributed by atoms with Gasteiger partial charge in [-0.1, -0.05) is 0 Å². The molecule has 0 bridgehead atoms. The first-order valence-corrected chi connectivity index (χ1v) is 5.04. The lowest BCUT2D eigenvalue weighted by atomic mass is 10.1. The largest absolute Gasteiger partial charge is 0.392 e. The van der Waals surface area contributed by atoms with Crippen LogP contribution in [0.15, 0.2) is 0 Å². The van der Waals surface area contributed by atoms with Gasteiger partial charge in [0.15, 0.2) is 0 Å². The second kappa shape index (κ2) is 6.01. The lowest BCUT2D eigenvalue weighted by molar-refractivity contribution is 0.0197. The molecule has 1 rings (SSSR count). The Morgan fingerprint density at radius 3 is 2.92 bits per heavy atom. The SMILES string of the molecule is C[C@@H](O)CC#CCC1CCCCO1. The molecule has 1 heterocycles. The molecule has 1 aliphatic heterocycles. The Labute approximate surface area is 80.3 Å². The fraction of sp³-hybridized carbons (Fsp3) is 0.818. The highest BCUT2D eigenvalue weighted by molar-refractivity contribution is 5.01. The van der Waals surface area contributed by atoms with Crippen molar-refractivity contribution in [3.8, 4) is 11.8 Å². The van der Waals surface area contributed by atoms with Crippen molar-refractivity contribution in [2.75, 3.05) is 6.61 Å². The van der Waals surface area contributed by atoms with Crippen molar-refractivity contribution in [2.45, 2.75) is 51.2 Å². The lowest BCUT2D eigenvalue weighted by Crippen LogP contribution is -2.18. The summed E-state index contributed by atoms with van der Waals surface area (Å²) in [6, 6.07) is 0. The van der Waals surface area contributed by atoms with Gasteiger partial charge in [-0.05, 0) is 26.2 Å². The van der Waals surface area contributed by atoms with Crippen LogP contribution >= 0.6 is 0 Å². The van der Waals surface area contributed by atoms with Gasteiger partial charge in [-0.25, -0.2) is 0 Å². The molecule has 2 heteroatoms. The van der Waals surface area contributed by atoms with E-state index in [1.54, 1.807) is 6.92 Å². The molecule has 1 aliphatic rings. The summed E-state index contributed by atoms with van der Waals surface area (Å²) in [5.74, 6) is 6.00. The summed E-state index contributed by atoms with van der Waals surface area (Å²) in [4.78, 5) is 0. The van der Waals surface area contributed by atoms with Gasteiger partial charge in [0.1, 0.15) is 0 Å². The van der Waals surface area contributed by atoms with Crippen LogP contribution in [0.5, 0.6) is 0 Å². The van der Waals surface area contributed by atoms with E-state index in [1.165, 1.54) is 12.8 Å². The number of hydrogen-bond acceptors (Lipinski definition) is 2. The average Bonchev–Trinajstić information content (AvgIpc) is 2.14. The van der Waals surface area contributed by atoms with Gasteiger partial charge in [-0.2, -0.15) is 0 Å². The van der Waals surface area contributed by atoms with Gasteiger partial charge < -0.3 is 9.84 Å². The molecule has 0 aromatic rings. The van der Waals surface area contributed by atoms with Crippen LogP contribution in [-0.4, -0.2) is 23.9 Å². The first-order valence-electron chi connectivity index (χ1n) is 5.04. The highest BCUT2D eigenvalue weighted by Gasteiger charge is 2.11.